The zero-order valence-electron chi connectivity index (χ0n) is 23.3. The number of ether oxygens (including phenoxy) is 5. The van der Waals surface area contributed by atoms with Gasteiger partial charge in [0, 0.05) is 13.5 Å². The number of methoxy groups -OCH3 is 2. The second kappa shape index (κ2) is 14.3. The molecule has 0 saturated carbocycles. The molecule has 0 N–H and O–H groups in total. The summed E-state index contributed by atoms with van der Waals surface area (Å²) in [6.07, 6.45) is 1.14. The van der Waals surface area contributed by atoms with E-state index in [1.807, 2.05) is 24.3 Å². The third kappa shape index (κ3) is 9.97. The highest BCUT2D eigenvalue weighted by molar-refractivity contribution is 5.81. The second-order valence-corrected chi connectivity index (χ2v) is 10.6. The van der Waals surface area contributed by atoms with Gasteiger partial charge < -0.3 is 23.7 Å². The molecular weight excluding hydrogens is 478 g/mol. The maximum Gasteiger partial charge on any atom is 0.412 e. The molecule has 1 aliphatic heterocycles. The van der Waals surface area contributed by atoms with E-state index in [1.54, 1.807) is 34.8 Å². The van der Waals surface area contributed by atoms with E-state index < -0.39 is 35.9 Å². The van der Waals surface area contributed by atoms with Crippen molar-refractivity contribution in [2.24, 2.45) is 5.92 Å². The molecule has 37 heavy (non-hydrogen) atoms. The van der Waals surface area contributed by atoms with Gasteiger partial charge in [0.1, 0.15) is 36.0 Å². The maximum absolute atomic E-state index is 13.3. The zero-order chi connectivity index (χ0) is 27.6. The quantitative estimate of drug-likeness (QED) is 0.327. The molecule has 1 aromatic rings. The molecule has 1 aliphatic rings. The minimum atomic E-state index is -0.852. The van der Waals surface area contributed by atoms with E-state index in [0.29, 0.717) is 19.3 Å². The highest BCUT2D eigenvalue weighted by atomic mass is 16.6. The Morgan fingerprint density at radius 3 is 2.35 bits per heavy atom. The molecule has 9 heteroatoms. The van der Waals surface area contributed by atoms with Gasteiger partial charge in [-0.1, -0.05) is 18.6 Å². The summed E-state index contributed by atoms with van der Waals surface area (Å²) in [6, 6.07) is 7.01. The van der Waals surface area contributed by atoms with Gasteiger partial charge in [0.15, 0.2) is 0 Å². The molecule has 0 spiro atoms. The van der Waals surface area contributed by atoms with E-state index in [2.05, 4.69) is 0 Å². The van der Waals surface area contributed by atoms with Crippen LogP contribution in [0.5, 0.6) is 5.75 Å². The number of amides is 1. The van der Waals surface area contributed by atoms with Crippen LogP contribution in [0.25, 0.3) is 0 Å². The first-order chi connectivity index (χ1) is 17.4. The van der Waals surface area contributed by atoms with E-state index in [0.717, 1.165) is 17.7 Å². The monoisotopic (exact) mass is 521 g/mol. The molecule has 4 atom stereocenters. The molecule has 1 heterocycles. The predicted molar refractivity (Wildman–Crippen MR) is 138 cm³/mol. The lowest BCUT2D eigenvalue weighted by Gasteiger charge is -2.33. The van der Waals surface area contributed by atoms with Crippen molar-refractivity contribution in [3.63, 3.8) is 0 Å². The van der Waals surface area contributed by atoms with Gasteiger partial charge in [-0.05, 0) is 77.5 Å². The molecule has 1 fully saturated rings. The van der Waals surface area contributed by atoms with Crippen LogP contribution in [0, 0.1) is 5.92 Å². The number of carbonyl (C=O) groups excluding carboxylic acids is 3. The van der Waals surface area contributed by atoms with Gasteiger partial charge >= 0.3 is 12.1 Å². The molecular formula is C28H43NO8. The van der Waals surface area contributed by atoms with Gasteiger partial charge in [0.2, 0.25) is 0 Å². The molecule has 0 radical (unpaired) electrons. The molecule has 208 valence electrons. The molecule has 1 amide bonds. The van der Waals surface area contributed by atoms with Crippen LogP contribution in [0.1, 0.15) is 65.9 Å². The van der Waals surface area contributed by atoms with Crippen molar-refractivity contribution in [2.45, 2.75) is 90.6 Å². The Morgan fingerprint density at radius 2 is 1.78 bits per heavy atom. The smallest absolute Gasteiger partial charge is 0.412 e. The zero-order valence-corrected chi connectivity index (χ0v) is 23.3. The second-order valence-electron chi connectivity index (χ2n) is 10.6. The van der Waals surface area contributed by atoms with Gasteiger partial charge in [-0.25, -0.2) is 9.59 Å². The maximum atomic E-state index is 13.3. The Hall–Kier alpha value is -2.65. The number of rotatable bonds is 10. The number of hydrogen-bond donors (Lipinski definition) is 0. The summed E-state index contributed by atoms with van der Waals surface area (Å²) in [6.45, 7) is 8.78. The van der Waals surface area contributed by atoms with Crippen molar-refractivity contribution in [1.29, 1.82) is 0 Å². The van der Waals surface area contributed by atoms with Crippen LogP contribution in [-0.2, 0) is 35.0 Å². The van der Waals surface area contributed by atoms with Crippen molar-refractivity contribution in [1.82, 2.24) is 4.90 Å². The van der Waals surface area contributed by atoms with Gasteiger partial charge in [0.05, 0.1) is 19.8 Å². The summed E-state index contributed by atoms with van der Waals surface area (Å²) < 4.78 is 28.1. The van der Waals surface area contributed by atoms with Gasteiger partial charge in [-0.3, -0.25) is 9.69 Å². The average Bonchev–Trinajstić information content (AvgIpc) is 2.86. The fourth-order valence-electron chi connectivity index (χ4n) is 4.47. The van der Waals surface area contributed by atoms with E-state index in [4.69, 9.17) is 23.7 Å². The minimum absolute atomic E-state index is 0.0271. The molecule has 0 unspecified atom stereocenters. The number of nitrogens with zero attached hydrogens (tertiary/aromatic N) is 1. The summed E-state index contributed by atoms with van der Waals surface area (Å²) >= 11 is 0. The molecule has 0 aromatic heterocycles. The Balaban J connectivity index is 2.29. The van der Waals surface area contributed by atoms with Crippen LogP contribution < -0.4 is 4.74 Å². The third-order valence-corrected chi connectivity index (χ3v) is 6.25. The molecule has 1 saturated heterocycles. The minimum Gasteiger partial charge on any atom is -0.497 e. The van der Waals surface area contributed by atoms with Crippen molar-refractivity contribution in [3.05, 3.63) is 29.8 Å². The molecule has 2 rings (SSSR count). The van der Waals surface area contributed by atoms with Gasteiger partial charge in [0.25, 0.3) is 0 Å². The first-order valence-corrected chi connectivity index (χ1v) is 12.9. The van der Waals surface area contributed by atoms with Crippen molar-refractivity contribution >= 4 is 17.8 Å². The predicted octanol–water partition coefficient (Wildman–Crippen LogP) is 4.54. The molecule has 1 aromatic carbocycles. The number of benzene rings is 1. The molecule has 0 aliphatic carbocycles. The normalized spacial score (nSPS) is 22.7. The van der Waals surface area contributed by atoms with E-state index in [9.17, 15) is 14.4 Å². The fourth-order valence-corrected chi connectivity index (χ4v) is 4.47. The van der Waals surface area contributed by atoms with Crippen LogP contribution in [0.2, 0.25) is 0 Å². The third-order valence-electron chi connectivity index (χ3n) is 6.25. The van der Waals surface area contributed by atoms with Crippen LogP contribution in [0.3, 0.4) is 0 Å². The Labute approximate surface area is 220 Å². The lowest BCUT2D eigenvalue weighted by Crippen LogP contribution is -2.49. The summed E-state index contributed by atoms with van der Waals surface area (Å²) in [5, 5.41) is 0. The number of cyclic esters (lactones) is 1. The number of hydrogen-bond acceptors (Lipinski definition) is 8. The van der Waals surface area contributed by atoms with Crippen LogP contribution >= 0.6 is 0 Å². The number of esters is 1. The average molecular weight is 522 g/mol. The standard InChI is InChI=1S/C28H43NO8/c1-19(30)15-16-35-25-20(2)36-26(31)24(29(18-33-6)27(32)37-28(3,4)5)10-8-9-22(25)17-21-11-13-23(34-7)14-12-21/h11-14,20,22,24-25H,8-10,15-18H2,1-7H3/t20-,22+,24-,25-/m0/s1. The summed E-state index contributed by atoms with van der Waals surface area (Å²) in [5.41, 5.74) is 0.382. The van der Waals surface area contributed by atoms with E-state index >= 15 is 0 Å². The topological polar surface area (TPSA) is 101 Å². The van der Waals surface area contributed by atoms with E-state index in [1.165, 1.54) is 18.9 Å². The Morgan fingerprint density at radius 1 is 1.11 bits per heavy atom. The summed E-state index contributed by atoms with van der Waals surface area (Å²) in [4.78, 5) is 39.1. The highest BCUT2D eigenvalue weighted by Gasteiger charge is 2.39. The molecule has 0 bridgehead atoms. The fraction of sp³-hybridized carbons (Fsp3) is 0.679. The Bertz CT molecular complexity index is 879. The van der Waals surface area contributed by atoms with Crippen LogP contribution in [0.4, 0.5) is 4.79 Å². The summed E-state index contributed by atoms with van der Waals surface area (Å²) in [7, 11) is 3.09. The van der Waals surface area contributed by atoms with E-state index in [-0.39, 0.29) is 31.5 Å². The lowest BCUT2D eigenvalue weighted by molar-refractivity contribution is -0.166. The first kappa shape index (κ1) is 30.6. The lowest BCUT2D eigenvalue weighted by atomic mass is 9.86. The number of ketones is 1. The van der Waals surface area contributed by atoms with Crippen molar-refractivity contribution < 1.29 is 38.1 Å². The summed E-state index contributed by atoms with van der Waals surface area (Å²) in [5.74, 6) is 0.310. The molecule has 9 nitrogen and oxygen atoms in total. The Kier molecular flexibility index (Phi) is 11.8. The van der Waals surface area contributed by atoms with Crippen LogP contribution in [0.15, 0.2) is 24.3 Å². The van der Waals surface area contributed by atoms with Crippen molar-refractivity contribution in [2.75, 3.05) is 27.6 Å². The van der Waals surface area contributed by atoms with Gasteiger partial charge in [-0.15, -0.1) is 0 Å². The van der Waals surface area contributed by atoms with Crippen molar-refractivity contribution in [3.8, 4) is 5.75 Å². The van der Waals surface area contributed by atoms with Gasteiger partial charge in [-0.2, -0.15) is 0 Å². The SMILES string of the molecule is COCN(C(=O)OC(C)(C)C)[C@H]1CCC[C@H](Cc2ccc(OC)cc2)[C@@H](OCCC(C)=O)[C@H](C)OC1=O. The number of carbonyl (C=O) groups is 3. The number of Topliss-reactive ketones (excluding diaryl/α,β-unsaturated/α-hetero) is 1. The highest BCUT2D eigenvalue weighted by Crippen LogP contribution is 2.29. The largest absolute Gasteiger partial charge is 0.497 e. The van der Waals surface area contributed by atoms with Crippen LogP contribution in [-0.4, -0.2) is 74.2 Å². The first-order valence-electron chi connectivity index (χ1n) is 12.9.